The Morgan fingerprint density at radius 1 is 1.31 bits per heavy atom. The van der Waals surface area contributed by atoms with Crippen molar-refractivity contribution < 1.29 is 13.6 Å². The second kappa shape index (κ2) is 6.95. The van der Waals surface area contributed by atoms with Crippen molar-refractivity contribution in [3.8, 4) is 11.6 Å². The average molecular weight is 372 g/mol. The van der Waals surface area contributed by atoms with Crippen LogP contribution < -0.4 is 5.32 Å². The molecule has 0 saturated heterocycles. The van der Waals surface area contributed by atoms with Gasteiger partial charge in [-0.25, -0.2) is 4.39 Å². The van der Waals surface area contributed by atoms with Crippen molar-refractivity contribution in [1.82, 2.24) is 20.1 Å². The van der Waals surface area contributed by atoms with Crippen LogP contribution in [0.4, 0.5) is 4.39 Å². The van der Waals surface area contributed by atoms with Crippen molar-refractivity contribution in [2.75, 3.05) is 0 Å². The number of nitrogens with zero attached hydrogens (tertiary/aromatic N) is 3. The second-order valence-electron chi connectivity index (χ2n) is 6.17. The number of thioether (sulfide) groups is 1. The van der Waals surface area contributed by atoms with Crippen LogP contribution in [0.5, 0.6) is 0 Å². The minimum absolute atomic E-state index is 0.105. The van der Waals surface area contributed by atoms with E-state index in [1.165, 1.54) is 23.9 Å². The minimum Gasteiger partial charge on any atom is -0.461 e. The van der Waals surface area contributed by atoms with Crippen LogP contribution in [0.3, 0.4) is 0 Å². The molecule has 1 saturated carbocycles. The second-order valence-corrected chi connectivity index (χ2v) is 7.25. The molecule has 1 unspecified atom stereocenters. The van der Waals surface area contributed by atoms with Crippen LogP contribution in [0.1, 0.15) is 23.7 Å². The van der Waals surface area contributed by atoms with Gasteiger partial charge in [-0.2, -0.15) is 0 Å². The fourth-order valence-corrected chi connectivity index (χ4v) is 3.57. The Morgan fingerprint density at radius 3 is 2.73 bits per heavy atom. The topological polar surface area (TPSA) is 73.0 Å². The van der Waals surface area contributed by atoms with E-state index in [-0.39, 0.29) is 17.8 Å². The highest BCUT2D eigenvalue weighted by molar-refractivity contribution is 8.00. The summed E-state index contributed by atoms with van der Waals surface area (Å²) in [5.41, 5.74) is 0.720. The third-order valence-electron chi connectivity index (χ3n) is 4.13. The molecular weight excluding hydrogens is 355 g/mol. The van der Waals surface area contributed by atoms with E-state index >= 15 is 0 Å². The van der Waals surface area contributed by atoms with Gasteiger partial charge in [-0.1, -0.05) is 23.9 Å². The summed E-state index contributed by atoms with van der Waals surface area (Å²) in [4.78, 5) is 12.7. The lowest BCUT2D eigenvalue weighted by molar-refractivity contribution is -0.120. The molecule has 1 atom stereocenters. The zero-order valence-electron chi connectivity index (χ0n) is 14.1. The maximum atomic E-state index is 13.3. The maximum Gasteiger partial charge on any atom is 0.238 e. The summed E-state index contributed by atoms with van der Waals surface area (Å²) < 4.78 is 20.4. The lowest BCUT2D eigenvalue weighted by Gasteiger charge is -2.16. The summed E-state index contributed by atoms with van der Waals surface area (Å²) in [6.45, 7) is 0. The molecule has 1 aliphatic carbocycles. The van der Waals surface area contributed by atoms with Crippen LogP contribution in [0.15, 0.2) is 52.2 Å². The number of rotatable bonds is 6. The van der Waals surface area contributed by atoms with Gasteiger partial charge in [0.2, 0.25) is 5.91 Å². The first kappa shape index (κ1) is 16.8. The Bertz CT molecular complexity index is 904. The number of nitrogens with one attached hydrogen (secondary N) is 1. The van der Waals surface area contributed by atoms with Gasteiger partial charge >= 0.3 is 0 Å². The van der Waals surface area contributed by atoms with Gasteiger partial charge in [0, 0.05) is 13.1 Å². The van der Waals surface area contributed by atoms with Crippen molar-refractivity contribution in [3.63, 3.8) is 0 Å². The molecule has 1 fully saturated rings. The molecule has 2 heterocycles. The lowest BCUT2D eigenvalue weighted by Crippen LogP contribution is -2.29. The highest BCUT2D eigenvalue weighted by Gasteiger charge is 2.30. The number of hydrogen-bond donors (Lipinski definition) is 1. The monoisotopic (exact) mass is 372 g/mol. The molecule has 0 aliphatic heterocycles. The molecule has 0 bridgehead atoms. The molecule has 1 aromatic carbocycles. The quantitative estimate of drug-likeness (QED) is 0.672. The molecule has 0 radical (unpaired) electrons. The Hall–Kier alpha value is -2.61. The molecule has 6 nitrogen and oxygen atoms in total. The van der Waals surface area contributed by atoms with Gasteiger partial charge in [-0.3, -0.25) is 4.79 Å². The minimum atomic E-state index is -0.538. The van der Waals surface area contributed by atoms with E-state index in [0.717, 1.165) is 18.4 Å². The van der Waals surface area contributed by atoms with E-state index < -0.39 is 5.25 Å². The fraction of sp³-hybridized carbons (Fsp3) is 0.278. The number of carbonyl (C=O) groups is 1. The molecule has 3 aromatic rings. The van der Waals surface area contributed by atoms with E-state index in [2.05, 4.69) is 15.5 Å². The average Bonchev–Trinajstić information content (AvgIpc) is 3.14. The van der Waals surface area contributed by atoms with Gasteiger partial charge in [-0.15, -0.1) is 10.2 Å². The third-order valence-corrected chi connectivity index (χ3v) is 5.42. The fourth-order valence-electron chi connectivity index (χ4n) is 2.56. The Kier molecular flexibility index (Phi) is 4.50. The van der Waals surface area contributed by atoms with Crippen molar-refractivity contribution >= 4 is 17.7 Å². The van der Waals surface area contributed by atoms with Crippen LogP contribution in [-0.2, 0) is 11.8 Å². The Morgan fingerprint density at radius 2 is 2.08 bits per heavy atom. The molecule has 134 valence electrons. The lowest BCUT2D eigenvalue weighted by atomic mass is 10.1. The van der Waals surface area contributed by atoms with Gasteiger partial charge in [0.05, 0.1) is 6.26 Å². The maximum absolute atomic E-state index is 13.3. The normalized spacial score (nSPS) is 15.0. The van der Waals surface area contributed by atoms with Crippen molar-refractivity contribution in [3.05, 3.63) is 54.0 Å². The van der Waals surface area contributed by atoms with Crippen molar-refractivity contribution in [2.24, 2.45) is 7.05 Å². The first-order valence-electron chi connectivity index (χ1n) is 8.27. The van der Waals surface area contributed by atoms with E-state index in [9.17, 15) is 9.18 Å². The predicted octanol–water partition coefficient (Wildman–Crippen LogP) is 3.33. The Balaban J connectivity index is 1.62. The molecule has 1 amide bonds. The number of amides is 1. The van der Waals surface area contributed by atoms with Crippen LogP contribution in [0, 0.1) is 5.82 Å². The molecule has 26 heavy (non-hydrogen) atoms. The third kappa shape index (κ3) is 3.50. The first-order chi connectivity index (χ1) is 12.6. The molecule has 1 aliphatic rings. The highest BCUT2D eigenvalue weighted by Crippen LogP contribution is 2.36. The molecule has 8 heteroatoms. The molecule has 0 spiro atoms. The van der Waals surface area contributed by atoms with Gasteiger partial charge in [0.15, 0.2) is 16.7 Å². The molecule has 4 rings (SSSR count). The van der Waals surface area contributed by atoms with Gasteiger partial charge in [-0.05, 0) is 42.7 Å². The van der Waals surface area contributed by atoms with Gasteiger partial charge in [0.25, 0.3) is 0 Å². The summed E-state index contributed by atoms with van der Waals surface area (Å²) in [6.07, 6.45) is 3.57. The van der Waals surface area contributed by atoms with Crippen molar-refractivity contribution in [2.45, 2.75) is 29.3 Å². The van der Waals surface area contributed by atoms with Crippen LogP contribution in [0.2, 0.25) is 0 Å². The number of benzene rings is 1. The highest BCUT2D eigenvalue weighted by atomic mass is 32.2. The zero-order chi connectivity index (χ0) is 18.1. The van der Waals surface area contributed by atoms with Crippen LogP contribution in [0.25, 0.3) is 11.6 Å². The number of halogens is 1. The summed E-state index contributed by atoms with van der Waals surface area (Å²) >= 11 is 1.28. The smallest absolute Gasteiger partial charge is 0.238 e. The van der Waals surface area contributed by atoms with E-state index in [4.69, 9.17) is 4.42 Å². The summed E-state index contributed by atoms with van der Waals surface area (Å²) in [7, 11) is 1.82. The summed E-state index contributed by atoms with van der Waals surface area (Å²) in [5.74, 6) is 0.746. The van der Waals surface area contributed by atoms with E-state index in [0.29, 0.717) is 16.7 Å². The summed E-state index contributed by atoms with van der Waals surface area (Å²) in [5, 5.41) is 11.4. The van der Waals surface area contributed by atoms with Gasteiger partial charge < -0.3 is 14.3 Å². The largest absolute Gasteiger partial charge is 0.461 e. The SMILES string of the molecule is Cn1c(SC(C(=O)NC2CC2)c2ccc(F)cc2)nnc1-c1ccco1. The standard InChI is InChI=1S/C18H17FN4O2S/c1-23-16(14-3-2-10-25-14)21-22-18(23)26-15(17(24)20-13-8-9-13)11-4-6-12(19)7-5-11/h2-7,10,13,15H,8-9H2,1H3,(H,20,24). The zero-order valence-corrected chi connectivity index (χ0v) is 14.9. The van der Waals surface area contributed by atoms with Gasteiger partial charge in [0.1, 0.15) is 11.1 Å². The van der Waals surface area contributed by atoms with E-state index in [1.54, 1.807) is 35.1 Å². The number of hydrogen-bond acceptors (Lipinski definition) is 5. The number of aromatic nitrogens is 3. The first-order valence-corrected chi connectivity index (χ1v) is 9.15. The molecule has 2 aromatic heterocycles. The number of furan rings is 1. The predicted molar refractivity (Wildman–Crippen MR) is 94.9 cm³/mol. The molecular formula is C18H17FN4O2S. The summed E-state index contributed by atoms with van der Waals surface area (Å²) in [6, 6.07) is 9.80. The van der Waals surface area contributed by atoms with Crippen LogP contribution in [-0.4, -0.2) is 26.7 Å². The number of carbonyl (C=O) groups excluding carboxylic acids is 1. The van der Waals surface area contributed by atoms with Crippen molar-refractivity contribution in [1.29, 1.82) is 0 Å². The van der Waals surface area contributed by atoms with Crippen LogP contribution >= 0.6 is 11.8 Å². The Labute approximate surface area is 153 Å². The molecule has 1 N–H and O–H groups in total. The van der Waals surface area contributed by atoms with E-state index in [1.807, 2.05) is 7.05 Å².